The summed E-state index contributed by atoms with van der Waals surface area (Å²) in [6, 6.07) is 43.5. The highest BCUT2D eigenvalue weighted by molar-refractivity contribution is 6.21. The third kappa shape index (κ3) is 3.65. The first-order valence-electron chi connectivity index (χ1n) is 12.7. The van der Waals surface area contributed by atoms with Crippen molar-refractivity contribution in [3.8, 4) is 33.4 Å². The van der Waals surface area contributed by atoms with Crippen LogP contribution in [0.3, 0.4) is 0 Å². The van der Waals surface area contributed by atoms with Gasteiger partial charge in [0.25, 0.3) is 0 Å². The van der Waals surface area contributed by atoms with Crippen LogP contribution in [0.25, 0.3) is 65.7 Å². The maximum atomic E-state index is 14.3. The average Bonchev–Trinajstić information content (AvgIpc) is 2.95. The Bertz CT molecular complexity index is 1900. The van der Waals surface area contributed by atoms with E-state index in [1.165, 1.54) is 28.5 Å². The first-order chi connectivity index (χ1) is 18.7. The molecule has 7 rings (SSSR count). The summed E-state index contributed by atoms with van der Waals surface area (Å²) in [5.74, 6) is -1.16. The van der Waals surface area contributed by atoms with E-state index < -0.39 is 11.6 Å². The smallest absolute Gasteiger partial charge is 0.126 e. The van der Waals surface area contributed by atoms with Crippen LogP contribution in [0.2, 0.25) is 0 Å². The van der Waals surface area contributed by atoms with E-state index in [1.807, 2.05) is 36.4 Å². The van der Waals surface area contributed by atoms with Gasteiger partial charge in [0.05, 0.1) is 0 Å². The fraction of sp³-hybridized carbons (Fsp3) is 0. The topological polar surface area (TPSA) is 0 Å². The fourth-order valence-corrected chi connectivity index (χ4v) is 5.74. The third-order valence-corrected chi connectivity index (χ3v) is 7.36. The Labute approximate surface area is 219 Å². The molecule has 0 saturated carbocycles. The second-order valence-corrected chi connectivity index (χ2v) is 9.60. The molecule has 38 heavy (non-hydrogen) atoms. The van der Waals surface area contributed by atoms with Crippen molar-refractivity contribution in [1.82, 2.24) is 0 Å². The summed E-state index contributed by atoms with van der Waals surface area (Å²) < 4.78 is 28.6. The molecule has 0 radical (unpaired) electrons. The minimum absolute atomic E-state index is 0.535. The van der Waals surface area contributed by atoms with Gasteiger partial charge in [0.2, 0.25) is 0 Å². The molecule has 0 spiro atoms. The molecular formula is C36H22F2. The Morgan fingerprint density at radius 3 is 1.37 bits per heavy atom. The van der Waals surface area contributed by atoms with Crippen LogP contribution in [0.4, 0.5) is 8.78 Å². The zero-order chi connectivity index (χ0) is 25.6. The lowest BCUT2D eigenvalue weighted by molar-refractivity contribution is 0.584. The molecule has 0 aliphatic heterocycles. The van der Waals surface area contributed by atoms with Gasteiger partial charge in [-0.25, -0.2) is 8.78 Å². The molecule has 0 aromatic heterocycles. The van der Waals surface area contributed by atoms with E-state index in [1.54, 1.807) is 0 Å². The van der Waals surface area contributed by atoms with Gasteiger partial charge in [-0.15, -0.1) is 0 Å². The third-order valence-electron chi connectivity index (χ3n) is 7.36. The van der Waals surface area contributed by atoms with Gasteiger partial charge in [0.1, 0.15) is 11.6 Å². The Morgan fingerprint density at radius 2 is 0.789 bits per heavy atom. The average molecular weight is 493 g/mol. The maximum Gasteiger partial charge on any atom is 0.126 e. The van der Waals surface area contributed by atoms with Gasteiger partial charge in [-0.3, -0.25) is 0 Å². The lowest BCUT2D eigenvalue weighted by atomic mass is 9.85. The van der Waals surface area contributed by atoms with Crippen LogP contribution in [0.5, 0.6) is 0 Å². The first-order valence-corrected chi connectivity index (χ1v) is 12.7. The monoisotopic (exact) mass is 492 g/mol. The number of benzene rings is 7. The molecule has 2 heteroatoms. The number of hydrogen-bond acceptors (Lipinski definition) is 0. The van der Waals surface area contributed by atoms with E-state index in [0.717, 1.165) is 49.9 Å². The van der Waals surface area contributed by atoms with Gasteiger partial charge in [0, 0.05) is 6.07 Å². The quantitative estimate of drug-likeness (QED) is 0.215. The molecule has 0 aliphatic rings. The molecular weight excluding hydrogens is 470 g/mol. The van der Waals surface area contributed by atoms with E-state index in [4.69, 9.17) is 0 Å². The molecule has 0 fully saturated rings. The summed E-state index contributed by atoms with van der Waals surface area (Å²) in [7, 11) is 0. The summed E-state index contributed by atoms with van der Waals surface area (Å²) >= 11 is 0. The normalized spacial score (nSPS) is 11.4. The molecule has 0 atom stereocenters. The minimum atomic E-state index is -0.582. The minimum Gasteiger partial charge on any atom is -0.207 e. The van der Waals surface area contributed by atoms with Crippen molar-refractivity contribution in [2.45, 2.75) is 0 Å². The summed E-state index contributed by atoms with van der Waals surface area (Å²) in [6.45, 7) is 0. The lowest BCUT2D eigenvalue weighted by Crippen LogP contribution is -1.92. The summed E-state index contributed by atoms with van der Waals surface area (Å²) in [5.41, 5.74) is 5.94. The molecule has 0 unspecified atom stereocenters. The van der Waals surface area contributed by atoms with E-state index in [-0.39, 0.29) is 0 Å². The van der Waals surface area contributed by atoms with Gasteiger partial charge in [0.15, 0.2) is 0 Å². The Balaban J connectivity index is 1.48. The second kappa shape index (κ2) is 8.93. The largest absolute Gasteiger partial charge is 0.207 e. The highest BCUT2D eigenvalue weighted by atomic mass is 19.1. The molecule has 0 aliphatic carbocycles. The van der Waals surface area contributed by atoms with Gasteiger partial charge in [-0.2, -0.15) is 0 Å². The number of hydrogen-bond donors (Lipinski definition) is 0. The van der Waals surface area contributed by atoms with Crippen LogP contribution in [0.15, 0.2) is 133 Å². The highest BCUT2D eigenvalue weighted by Gasteiger charge is 2.17. The van der Waals surface area contributed by atoms with Crippen molar-refractivity contribution in [2.75, 3.05) is 0 Å². The van der Waals surface area contributed by atoms with Gasteiger partial charge in [-0.05, 0) is 77.8 Å². The van der Waals surface area contributed by atoms with E-state index in [9.17, 15) is 8.78 Å². The van der Waals surface area contributed by atoms with Crippen molar-refractivity contribution < 1.29 is 8.78 Å². The van der Waals surface area contributed by atoms with Gasteiger partial charge >= 0.3 is 0 Å². The summed E-state index contributed by atoms with van der Waals surface area (Å²) in [5, 5.41) is 6.46. The Morgan fingerprint density at radius 1 is 0.342 bits per heavy atom. The second-order valence-electron chi connectivity index (χ2n) is 9.60. The molecule has 7 aromatic rings. The predicted octanol–water partition coefficient (Wildman–Crippen LogP) is 10.4. The number of halogens is 2. The maximum absolute atomic E-state index is 14.3. The zero-order valence-electron chi connectivity index (χ0n) is 20.5. The van der Waals surface area contributed by atoms with Crippen LogP contribution in [-0.2, 0) is 0 Å². The molecule has 0 heterocycles. The number of fused-ring (bicyclic) bond motifs is 3. The van der Waals surface area contributed by atoms with E-state index in [2.05, 4.69) is 78.9 Å². The molecule has 180 valence electrons. The number of rotatable bonds is 3. The van der Waals surface area contributed by atoms with Crippen LogP contribution < -0.4 is 0 Å². The van der Waals surface area contributed by atoms with Crippen molar-refractivity contribution in [3.63, 3.8) is 0 Å². The molecule has 0 bridgehead atoms. The predicted molar refractivity (Wildman–Crippen MR) is 155 cm³/mol. The highest BCUT2D eigenvalue weighted by Crippen LogP contribution is 2.44. The molecule has 7 aromatic carbocycles. The Hall–Kier alpha value is -4.82. The summed E-state index contributed by atoms with van der Waals surface area (Å²) in [6.07, 6.45) is 0. The van der Waals surface area contributed by atoms with E-state index in [0.29, 0.717) is 5.56 Å². The summed E-state index contributed by atoms with van der Waals surface area (Å²) in [4.78, 5) is 0. The van der Waals surface area contributed by atoms with Crippen LogP contribution >= 0.6 is 0 Å². The molecule has 0 amide bonds. The fourth-order valence-electron chi connectivity index (χ4n) is 5.74. The molecule has 0 saturated heterocycles. The standard InChI is InChI=1S/C36H22F2/c37-27-20-26(21-28(38)22-27)36-33-13-5-3-11-31(33)35(32-12-4-6-14-34(32)36)25-18-16-24(17-19-25)30-15-7-9-23-8-1-2-10-29(23)30/h1-22H. The van der Waals surface area contributed by atoms with Gasteiger partial charge < -0.3 is 0 Å². The molecule has 0 nitrogen and oxygen atoms in total. The van der Waals surface area contributed by atoms with E-state index >= 15 is 0 Å². The van der Waals surface area contributed by atoms with Crippen LogP contribution in [0, 0.1) is 11.6 Å². The van der Waals surface area contributed by atoms with Crippen molar-refractivity contribution in [1.29, 1.82) is 0 Å². The SMILES string of the molecule is Fc1cc(F)cc(-c2c3ccccc3c(-c3ccc(-c4cccc5ccccc45)cc3)c3ccccc23)c1. The lowest BCUT2D eigenvalue weighted by Gasteiger charge is -2.18. The van der Waals surface area contributed by atoms with Gasteiger partial charge in [-0.1, -0.05) is 115 Å². The van der Waals surface area contributed by atoms with Crippen LogP contribution in [-0.4, -0.2) is 0 Å². The Kier molecular flexibility index (Phi) is 5.26. The zero-order valence-corrected chi connectivity index (χ0v) is 20.5. The van der Waals surface area contributed by atoms with Crippen molar-refractivity contribution >= 4 is 32.3 Å². The first kappa shape index (κ1) is 22.4. The van der Waals surface area contributed by atoms with Crippen LogP contribution in [0.1, 0.15) is 0 Å². The van der Waals surface area contributed by atoms with Crippen molar-refractivity contribution in [2.24, 2.45) is 0 Å². The van der Waals surface area contributed by atoms with Crippen molar-refractivity contribution in [3.05, 3.63) is 145 Å². The molecule has 0 N–H and O–H groups in total.